The van der Waals surface area contributed by atoms with Crippen molar-refractivity contribution in [2.75, 3.05) is 5.32 Å². The predicted molar refractivity (Wildman–Crippen MR) is 71.9 cm³/mol. The van der Waals surface area contributed by atoms with Gasteiger partial charge >= 0.3 is 0 Å². The highest BCUT2D eigenvalue weighted by Gasteiger charge is 2.13. The maximum atomic E-state index is 13.5. The van der Waals surface area contributed by atoms with Gasteiger partial charge in [-0.2, -0.15) is 5.10 Å². The van der Waals surface area contributed by atoms with E-state index in [4.69, 9.17) is 0 Å². The van der Waals surface area contributed by atoms with E-state index in [2.05, 4.69) is 25.5 Å². The van der Waals surface area contributed by atoms with Gasteiger partial charge in [0.05, 0.1) is 18.1 Å². The van der Waals surface area contributed by atoms with Crippen LogP contribution in [0.15, 0.2) is 24.7 Å². The fourth-order valence-electron chi connectivity index (χ4n) is 1.71. The summed E-state index contributed by atoms with van der Waals surface area (Å²) in [5.74, 6) is -1.54. The molecule has 102 valence electrons. The van der Waals surface area contributed by atoms with Crippen LogP contribution in [0.25, 0.3) is 11.3 Å². The lowest BCUT2D eigenvalue weighted by molar-refractivity contribution is 0.576. The molecule has 3 heterocycles. The van der Waals surface area contributed by atoms with E-state index in [1.165, 1.54) is 11.3 Å². The van der Waals surface area contributed by atoms with Gasteiger partial charge in [-0.1, -0.05) is 0 Å². The lowest BCUT2D eigenvalue weighted by atomic mass is 10.2. The zero-order chi connectivity index (χ0) is 14.1. The molecule has 3 aromatic rings. The summed E-state index contributed by atoms with van der Waals surface area (Å²) < 4.78 is 26.3. The predicted octanol–water partition coefficient (Wildman–Crippen LogP) is 3.26. The van der Waals surface area contributed by atoms with Crippen LogP contribution in [0.3, 0.4) is 0 Å². The van der Waals surface area contributed by atoms with Crippen molar-refractivity contribution in [3.05, 3.63) is 41.2 Å². The highest BCUT2D eigenvalue weighted by atomic mass is 32.1. The molecule has 0 aliphatic carbocycles. The number of thiazole rings is 1. The molecular formula is C12H9F2N5S. The van der Waals surface area contributed by atoms with Gasteiger partial charge in [-0.15, -0.1) is 11.3 Å². The Balaban J connectivity index is 1.90. The molecule has 8 heteroatoms. The monoisotopic (exact) mass is 293 g/mol. The van der Waals surface area contributed by atoms with E-state index in [1.807, 2.05) is 6.92 Å². The van der Waals surface area contributed by atoms with E-state index in [1.54, 1.807) is 12.4 Å². The van der Waals surface area contributed by atoms with Crippen molar-refractivity contribution in [2.24, 2.45) is 0 Å². The molecule has 3 rings (SSSR count). The first kappa shape index (κ1) is 12.7. The van der Waals surface area contributed by atoms with Gasteiger partial charge in [0.25, 0.3) is 0 Å². The normalized spacial score (nSPS) is 10.8. The van der Waals surface area contributed by atoms with Gasteiger partial charge in [-0.05, 0) is 6.92 Å². The topological polar surface area (TPSA) is 66.5 Å². The number of nitrogens with one attached hydrogen (secondary N) is 2. The summed E-state index contributed by atoms with van der Waals surface area (Å²) in [7, 11) is 0. The number of rotatable bonds is 3. The molecule has 0 unspecified atom stereocenters. The van der Waals surface area contributed by atoms with Crippen molar-refractivity contribution >= 4 is 22.3 Å². The number of anilines is 2. The average molecular weight is 293 g/mol. The Morgan fingerprint density at radius 1 is 1.30 bits per heavy atom. The molecule has 20 heavy (non-hydrogen) atoms. The molecule has 0 bridgehead atoms. The van der Waals surface area contributed by atoms with Crippen molar-refractivity contribution in [1.82, 2.24) is 20.2 Å². The minimum atomic E-state index is -0.761. The second-order valence-electron chi connectivity index (χ2n) is 4.02. The second kappa shape index (κ2) is 4.97. The Kier molecular flexibility index (Phi) is 3.15. The summed E-state index contributed by atoms with van der Waals surface area (Å²) in [6.07, 6.45) is 4.33. The smallest absolute Gasteiger partial charge is 0.189 e. The SMILES string of the molecule is Cc1sc(Nc2ncc(F)cc2F)nc1-c1cn[nH]c1. The Hall–Kier alpha value is -2.35. The van der Waals surface area contributed by atoms with Crippen LogP contribution in [0.1, 0.15) is 4.88 Å². The van der Waals surface area contributed by atoms with E-state index in [0.29, 0.717) is 5.13 Å². The van der Waals surface area contributed by atoms with Crippen molar-refractivity contribution in [3.8, 4) is 11.3 Å². The highest BCUT2D eigenvalue weighted by Crippen LogP contribution is 2.31. The van der Waals surface area contributed by atoms with Crippen molar-refractivity contribution in [2.45, 2.75) is 6.92 Å². The Morgan fingerprint density at radius 2 is 2.15 bits per heavy atom. The fraction of sp³-hybridized carbons (Fsp3) is 0.0833. The van der Waals surface area contributed by atoms with Gasteiger partial charge in [-0.25, -0.2) is 18.7 Å². The van der Waals surface area contributed by atoms with Gasteiger partial charge in [0.2, 0.25) is 0 Å². The van der Waals surface area contributed by atoms with Gasteiger partial charge < -0.3 is 5.32 Å². The molecule has 2 N–H and O–H groups in total. The third-order valence-corrected chi connectivity index (χ3v) is 3.49. The number of halogens is 2. The number of aryl methyl sites for hydroxylation is 1. The Bertz CT molecular complexity index is 738. The molecule has 0 aliphatic rings. The van der Waals surface area contributed by atoms with Crippen LogP contribution in [0.2, 0.25) is 0 Å². The lowest BCUT2D eigenvalue weighted by Crippen LogP contribution is -1.97. The number of aromatic amines is 1. The first-order chi connectivity index (χ1) is 9.63. The molecular weight excluding hydrogens is 284 g/mol. The van der Waals surface area contributed by atoms with Gasteiger partial charge in [0, 0.05) is 22.7 Å². The fourth-order valence-corrected chi connectivity index (χ4v) is 2.54. The molecule has 0 aliphatic heterocycles. The second-order valence-corrected chi connectivity index (χ2v) is 5.22. The molecule has 0 fully saturated rings. The number of nitrogens with zero attached hydrogens (tertiary/aromatic N) is 3. The van der Waals surface area contributed by atoms with Crippen LogP contribution in [0.5, 0.6) is 0 Å². The van der Waals surface area contributed by atoms with Gasteiger partial charge in [0.1, 0.15) is 5.82 Å². The molecule has 0 aromatic carbocycles. The summed E-state index contributed by atoms with van der Waals surface area (Å²) in [5, 5.41) is 9.80. The first-order valence-corrected chi connectivity index (χ1v) is 6.50. The Morgan fingerprint density at radius 3 is 2.85 bits per heavy atom. The van der Waals surface area contributed by atoms with E-state index < -0.39 is 11.6 Å². The molecule has 0 amide bonds. The van der Waals surface area contributed by atoms with Crippen LogP contribution >= 0.6 is 11.3 Å². The molecule has 0 atom stereocenters. The summed E-state index contributed by atoms with van der Waals surface area (Å²) in [6, 6.07) is 0.771. The third kappa shape index (κ3) is 2.37. The summed E-state index contributed by atoms with van der Waals surface area (Å²) in [4.78, 5) is 8.97. The number of pyridine rings is 1. The molecule has 5 nitrogen and oxygen atoms in total. The number of hydrogen-bond acceptors (Lipinski definition) is 5. The molecule has 0 radical (unpaired) electrons. The number of H-pyrrole nitrogens is 1. The van der Waals surface area contributed by atoms with E-state index in [0.717, 1.165) is 28.4 Å². The summed E-state index contributed by atoms with van der Waals surface area (Å²) >= 11 is 1.36. The number of hydrogen-bond donors (Lipinski definition) is 2. The maximum absolute atomic E-state index is 13.5. The van der Waals surface area contributed by atoms with Crippen molar-refractivity contribution in [1.29, 1.82) is 0 Å². The van der Waals surface area contributed by atoms with Crippen LogP contribution in [0, 0.1) is 18.6 Å². The van der Waals surface area contributed by atoms with Crippen molar-refractivity contribution in [3.63, 3.8) is 0 Å². The average Bonchev–Trinajstić information content (AvgIpc) is 3.02. The molecule has 0 spiro atoms. The molecule has 3 aromatic heterocycles. The minimum absolute atomic E-state index is 0.0566. The lowest BCUT2D eigenvalue weighted by Gasteiger charge is -2.02. The highest BCUT2D eigenvalue weighted by molar-refractivity contribution is 7.16. The van der Waals surface area contributed by atoms with E-state index in [9.17, 15) is 8.78 Å². The van der Waals surface area contributed by atoms with Gasteiger partial charge in [0.15, 0.2) is 16.8 Å². The van der Waals surface area contributed by atoms with Crippen LogP contribution in [0.4, 0.5) is 19.7 Å². The molecule has 0 saturated heterocycles. The Labute approximate surface area is 116 Å². The summed E-state index contributed by atoms with van der Waals surface area (Å²) in [5.41, 5.74) is 1.60. The maximum Gasteiger partial charge on any atom is 0.189 e. The van der Waals surface area contributed by atoms with E-state index >= 15 is 0 Å². The zero-order valence-electron chi connectivity index (χ0n) is 10.3. The quantitative estimate of drug-likeness (QED) is 0.778. The number of aromatic nitrogens is 4. The van der Waals surface area contributed by atoms with Crippen LogP contribution < -0.4 is 5.32 Å². The van der Waals surface area contributed by atoms with E-state index in [-0.39, 0.29) is 5.82 Å². The zero-order valence-corrected chi connectivity index (χ0v) is 11.1. The molecule has 0 saturated carbocycles. The minimum Gasteiger partial charge on any atom is -0.314 e. The van der Waals surface area contributed by atoms with Crippen LogP contribution in [-0.2, 0) is 0 Å². The van der Waals surface area contributed by atoms with Gasteiger partial charge in [-0.3, -0.25) is 5.10 Å². The largest absolute Gasteiger partial charge is 0.314 e. The van der Waals surface area contributed by atoms with Crippen molar-refractivity contribution < 1.29 is 8.78 Å². The standard InChI is InChI=1S/C12H9F2N5S/c1-6-10(7-3-16-17-4-7)18-12(20-6)19-11-9(14)2-8(13)5-15-11/h2-5H,1H3,(H,16,17)(H,15,18,19). The first-order valence-electron chi connectivity index (χ1n) is 5.68. The van der Waals surface area contributed by atoms with Crippen LogP contribution in [-0.4, -0.2) is 20.2 Å². The summed E-state index contributed by atoms with van der Waals surface area (Å²) in [6.45, 7) is 1.90. The third-order valence-electron chi connectivity index (χ3n) is 2.60.